The number of piperidine rings is 1. The van der Waals surface area contributed by atoms with Crippen molar-refractivity contribution in [2.75, 3.05) is 0 Å². The Balaban J connectivity index is 1.96. The Hall–Kier alpha value is -1.23. The molecule has 0 radical (unpaired) electrons. The zero-order valence-electron chi connectivity index (χ0n) is 12.1. The van der Waals surface area contributed by atoms with Gasteiger partial charge in [-0.05, 0) is 31.1 Å². The third kappa shape index (κ3) is 3.45. The minimum Gasteiger partial charge on any atom is -0.392 e. The van der Waals surface area contributed by atoms with Gasteiger partial charge >= 0.3 is 0 Å². The second-order valence-electron chi connectivity index (χ2n) is 6.54. The normalized spacial score (nSPS) is 34.0. The summed E-state index contributed by atoms with van der Waals surface area (Å²) < 4.78 is 0. The van der Waals surface area contributed by atoms with Crippen molar-refractivity contribution in [1.29, 1.82) is 0 Å². The molecular formula is C15H23NO4. The smallest absolute Gasteiger partial charge is 0.226 e. The van der Waals surface area contributed by atoms with Gasteiger partial charge in [-0.25, -0.2) is 0 Å². The van der Waals surface area contributed by atoms with E-state index >= 15 is 0 Å². The van der Waals surface area contributed by atoms with Crippen LogP contribution < -0.4 is 5.32 Å². The van der Waals surface area contributed by atoms with E-state index in [1.54, 1.807) is 0 Å². The van der Waals surface area contributed by atoms with E-state index in [2.05, 4.69) is 12.2 Å². The van der Waals surface area contributed by atoms with E-state index in [1.165, 1.54) is 0 Å². The molecule has 1 heterocycles. The van der Waals surface area contributed by atoms with E-state index in [1.807, 2.05) is 6.92 Å². The molecule has 0 bridgehead atoms. The number of rotatable bonds is 3. The van der Waals surface area contributed by atoms with Crippen LogP contribution in [0, 0.1) is 23.7 Å². The number of hydrogen-bond donors (Lipinski definition) is 2. The van der Waals surface area contributed by atoms with Crippen LogP contribution in [0.4, 0.5) is 0 Å². The van der Waals surface area contributed by atoms with Gasteiger partial charge in [0.25, 0.3) is 0 Å². The van der Waals surface area contributed by atoms with Crippen LogP contribution in [0.5, 0.6) is 0 Å². The number of carbonyl (C=O) groups is 3. The predicted molar refractivity (Wildman–Crippen MR) is 72.6 cm³/mol. The Kier molecular flexibility index (Phi) is 4.58. The lowest BCUT2D eigenvalue weighted by Crippen LogP contribution is -2.42. The highest BCUT2D eigenvalue weighted by atomic mass is 16.3. The topological polar surface area (TPSA) is 83.5 Å². The maximum absolute atomic E-state index is 12.2. The first-order valence-electron chi connectivity index (χ1n) is 7.41. The molecule has 0 aromatic heterocycles. The first kappa shape index (κ1) is 15.2. The zero-order chi connectivity index (χ0) is 14.9. The summed E-state index contributed by atoms with van der Waals surface area (Å²) in [5.41, 5.74) is 0. The highest BCUT2D eigenvalue weighted by Crippen LogP contribution is 2.34. The minimum atomic E-state index is -0.739. The maximum Gasteiger partial charge on any atom is 0.226 e. The van der Waals surface area contributed by atoms with Crippen LogP contribution in [-0.2, 0) is 14.4 Å². The van der Waals surface area contributed by atoms with Crippen LogP contribution in [-0.4, -0.2) is 28.8 Å². The summed E-state index contributed by atoms with van der Waals surface area (Å²) >= 11 is 0. The van der Waals surface area contributed by atoms with E-state index < -0.39 is 6.10 Å². The van der Waals surface area contributed by atoms with Gasteiger partial charge in [-0.3, -0.25) is 19.7 Å². The van der Waals surface area contributed by atoms with Gasteiger partial charge in [0.15, 0.2) is 0 Å². The van der Waals surface area contributed by atoms with Crippen molar-refractivity contribution < 1.29 is 19.5 Å². The second kappa shape index (κ2) is 6.04. The van der Waals surface area contributed by atoms with Gasteiger partial charge in [0.05, 0.1) is 6.10 Å². The van der Waals surface area contributed by atoms with E-state index in [-0.39, 0.29) is 48.2 Å². The molecule has 1 saturated carbocycles. The van der Waals surface area contributed by atoms with Crippen LogP contribution in [0.15, 0.2) is 0 Å². The quantitative estimate of drug-likeness (QED) is 0.757. The predicted octanol–water partition coefficient (Wildman–Crippen LogP) is 1.04. The van der Waals surface area contributed by atoms with Crippen molar-refractivity contribution in [2.24, 2.45) is 23.7 Å². The molecule has 0 unspecified atom stereocenters. The molecule has 112 valence electrons. The lowest BCUT2D eigenvalue weighted by atomic mass is 9.71. The first-order chi connectivity index (χ1) is 9.36. The lowest BCUT2D eigenvalue weighted by molar-refractivity contribution is -0.136. The standard InChI is InChI=1S/C15H23NO4/c1-8-3-9(2)15(20)11(4-8)12(17)5-10-6-13(18)16-14(19)7-10/h8-12,17H,3-7H2,1-2H3,(H,16,18,19)/t8-,9+,11-,12-/m0/s1. The number of aliphatic hydroxyl groups is 1. The number of Topliss-reactive ketones (excluding diaryl/α,β-unsaturated/α-hetero) is 1. The van der Waals surface area contributed by atoms with Crippen LogP contribution >= 0.6 is 0 Å². The average Bonchev–Trinajstić information content (AvgIpc) is 2.32. The lowest BCUT2D eigenvalue weighted by Gasteiger charge is -2.34. The van der Waals surface area contributed by atoms with Crippen molar-refractivity contribution >= 4 is 17.6 Å². The Bertz CT molecular complexity index is 404. The Morgan fingerprint density at radius 2 is 1.75 bits per heavy atom. The number of imide groups is 1. The number of nitrogens with one attached hydrogen (secondary N) is 1. The summed E-state index contributed by atoms with van der Waals surface area (Å²) in [6.07, 6.45) is 1.72. The van der Waals surface area contributed by atoms with Gasteiger partial charge in [0, 0.05) is 24.7 Å². The molecule has 0 spiro atoms. The van der Waals surface area contributed by atoms with E-state index in [0.29, 0.717) is 18.8 Å². The van der Waals surface area contributed by atoms with Crippen molar-refractivity contribution in [1.82, 2.24) is 5.32 Å². The average molecular weight is 281 g/mol. The van der Waals surface area contributed by atoms with Crippen molar-refractivity contribution in [3.63, 3.8) is 0 Å². The Morgan fingerprint density at radius 1 is 1.15 bits per heavy atom. The molecule has 2 N–H and O–H groups in total. The molecule has 0 aromatic rings. The molecule has 0 aromatic carbocycles. The fourth-order valence-corrected chi connectivity index (χ4v) is 3.60. The first-order valence-corrected chi connectivity index (χ1v) is 7.41. The fourth-order valence-electron chi connectivity index (χ4n) is 3.60. The number of amides is 2. The van der Waals surface area contributed by atoms with E-state index in [4.69, 9.17) is 0 Å². The summed E-state index contributed by atoms with van der Waals surface area (Å²) in [5.74, 6) is -0.499. The number of aliphatic hydroxyl groups excluding tert-OH is 1. The molecule has 2 aliphatic rings. The molecule has 4 atom stereocenters. The molecule has 2 fully saturated rings. The molecule has 5 heteroatoms. The number of carbonyl (C=O) groups excluding carboxylic acids is 3. The van der Waals surface area contributed by atoms with E-state index in [9.17, 15) is 19.5 Å². The third-order valence-corrected chi connectivity index (χ3v) is 4.53. The van der Waals surface area contributed by atoms with Crippen molar-refractivity contribution in [3.8, 4) is 0 Å². The minimum absolute atomic E-state index is 0.00492. The molecular weight excluding hydrogens is 258 g/mol. The highest BCUT2D eigenvalue weighted by molar-refractivity contribution is 5.97. The summed E-state index contributed by atoms with van der Waals surface area (Å²) in [7, 11) is 0. The van der Waals surface area contributed by atoms with Gasteiger partial charge in [0.1, 0.15) is 5.78 Å². The zero-order valence-corrected chi connectivity index (χ0v) is 12.1. The fraction of sp³-hybridized carbons (Fsp3) is 0.800. The molecule has 1 aliphatic carbocycles. The van der Waals surface area contributed by atoms with Crippen molar-refractivity contribution in [2.45, 2.75) is 52.1 Å². The van der Waals surface area contributed by atoms with Gasteiger partial charge in [-0.15, -0.1) is 0 Å². The van der Waals surface area contributed by atoms with Gasteiger partial charge < -0.3 is 5.11 Å². The summed E-state index contributed by atoms with van der Waals surface area (Å²) in [5, 5.41) is 12.6. The van der Waals surface area contributed by atoms with Crippen LogP contribution in [0.1, 0.15) is 46.0 Å². The molecule has 1 saturated heterocycles. The summed E-state index contributed by atoms with van der Waals surface area (Å²) in [4.78, 5) is 34.8. The van der Waals surface area contributed by atoms with E-state index in [0.717, 1.165) is 6.42 Å². The van der Waals surface area contributed by atoms with Crippen molar-refractivity contribution in [3.05, 3.63) is 0 Å². The van der Waals surface area contributed by atoms with Crippen LogP contribution in [0.25, 0.3) is 0 Å². The molecule has 2 amide bonds. The van der Waals surface area contributed by atoms with Gasteiger partial charge in [-0.2, -0.15) is 0 Å². The van der Waals surface area contributed by atoms with Gasteiger partial charge in [-0.1, -0.05) is 13.8 Å². The summed E-state index contributed by atoms with van der Waals surface area (Å²) in [6, 6.07) is 0. The third-order valence-electron chi connectivity index (χ3n) is 4.53. The Labute approximate surface area is 119 Å². The van der Waals surface area contributed by atoms with Gasteiger partial charge in [0.2, 0.25) is 11.8 Å². The molecule has 20 heavy (non-hydrogen) atoms. The highest BCUT2D eigenvalue weighted by Gasteiger charge is 2.38. The number of ketones is 1. The number of hydrogen-bond acceptors (Lipinski definition) is 4. The second-order valence-corrected chi connectivity index (χ2v) is 6.54. The SMILES string of the molecule is C[C@H]1C[C@@H](C)C(=O)[C@H]([C@@H](O)CC2CC(=O)NC(=O)C2)C1. The molecule has 1 aliphatic heterocycles. The summed E-state index contributed by atoms with van der Waals surface area (Å²) in [6.45, 7) is 4.01. The molecule has 2 rings (SSSR count). The monoisotopic (exact) mass is 281 g/mol. The molecule has 5 nitrogen and oxygen atoms in total. The Morgan fingerprint density at radius 3 is 2.35 bits per heavy atom. The largest absolute Gasteiger partial charge is 0.392 e. The maximum atomic E-state index is 12.2. The van der Waals surface area contributed by atoms with Crippen LogP contribution in [0.3, 0.4) is 0 Å². The van der Waals surface area contributed by atoms with Crippen LogP contribution in [0.2, 0.25) is 0 Å².